The van der Waals surface area contributed by atoms with Crippen molar-refractivity contribution in [2.24, 2.45) is 0 Å². The molecule has 13 heteroatoms. The molecule has 0 bridgehead atoms. The number of carbonyl (C=O) groups excluding carboxylic acids is 3. The van der Waals surface area contributed by atoms with Crippen LogP contribution in [0.15, 0.2) is 10.9 Å². The maximum atomic E-state index is 12.8. The Morgan fingerprint density at radius 3 is 2.77 bits per heavy atom. The van der Waals surface area contributed by atoms with Crippen LogP contribution in [0.3, 0.4) is 0 Å². The number of cyclic esters (lactones) is 1. The third-order valence-corrected chi connectivity index (χ3v) is 5.39. The zero-order valence-electron chi connectivity index (χ0n) is 16.1. The maximum absolute atomic E-state index is 12.8. The maximum Gasteiger partial charge on any atom is 0.410 e. The molecule has 0 aromatic carbocycles. The number of carbonyl (C=O) groups is 3. The Bertz CT molecular complexity index is 759. The fraction of sp³-hybridized carbons (Fsp3) is 0.588. The van der Waals surface area contributed by atoms with Crippen molar-refractivity contribution < 1.29 is 65.0 Å². The van der Waals surface area contributed by atoms with Gasteiger partial charge in [0.15, 0.2) is 6.04 Å². The Morgan fingerprint density at radius 2 is 2.20 bits per heavy atom. The zero-order valence-corrected chi connectivity index (χ0v) is 19.7. The zero-order chi connectivity index (χ0) is 21.2. The second kappa shape index (κ2) is 10.4. The molecule has 3 unspecified atom stereocenters. The number of hydrogen-bond acceptors (Lipinski definition) is 6. The van der Waals surface area contributed by atoms with Crippen molar-refractivity contribution in [1.82, 2.24) is 20.1 Å². The van der Waals surface area contributed by atoms with Gasteiger partial charge in [0, 0.05) is 51.6 Å². The summed E-state index contributed by atoms with van der Waals surface area (Å²) >= 11 is 1.32. The van der Waals surface area contributed by atoms with E-state index in [-0.39, 0.29) is 45.0 Å². The van der Waals surface area contributed by atoms with Crippen LogP contribution < -0.4 is 5.32 Å². The van der Waals surface area contributed by atoms with Gasteiger partial charge in [0.1, 0.15) is 12.1 Å². The van der Waals surface area contributed by atoms with E-state index in [1.807, 2.05) is 0 Å². The third-order valence-electron chi connectivity index (χ3n) is 4.76. The molecule has 0 spiro atoms. The normalized spacial score (nSPS) is 22.5. The van der Waals surface area contributed by atoms with E-state index < -0.39 is 42.8 Å². The van der Waals surface area contributed by atoms with Crippen LogP contribution in [0.4, 0.5) is 18.0 Å². The molecule has 3 heterocycles. The Labute approximate surface area is 200 Å². The van der Waals surface area contributed by atoms with E-state index in [0.717, 1.165) is 17.7 Å². The summed E-state index contributed by atoms with van der Waals surface area (Å²) in [5, 5.41) is 4.24. The summed E-state index contributed by atoms with van der Waals surface area (Å²) in [7, 11) is 1.19. The number of halogens is 3. The Hall–Kier alpha value is -1.27. The van der Waals surface area contributed by atoms with E-state index >= 15 is 0 Å². The number of nitrogens with one attached hydrogen (secondary N) is 1. The van der Waals surface area contributed by atoms with Gasteiger partial charge >= 0.3 is 12.3 Å². The Kier molecular flexibility index (Phi) is 8.64. The van der Waals surface area contributed by atoms with Crippen LogP contribution in [-0.2, 0) is 53.5 Å². The number of rotatable bonds is 6. The number of likely N-dealkylation sites (tertiary alicyclic amines) is 1. The minimum absolute atomic E-state index is 0. The summed E-state index contributed by atoms with van der Waals surface area (Å²) in [4.78, 5) is 43.8. The van der Waals surface area contributed by atoms with Gasteiger partial charge in [0.25, 0.3) is 0 Å². The number of hydrogen-bond donors (Lipinski definition) is 1. The van der Waals surface area contributed by atoms with Gasteiger partial charge in [-0.3, -0.25) is 14.5 Å². The van der Waals surface area contributed by atoms with Gasteiger partial charge in [0.05, 0.1) is 17.6 Å². The number of thiazole rings is 1. The van der Waals surface area contributed by atoms with Crippen molar-refractivity contribution in [1.29, 1.82) is 0 Å². The summed E-state index contributed by atoms with van der Waals surface area (Å²) in [5.41, 5.74) is 2.16. The van der Waals surface area contributed by atoms with Crippen molar-refractivity contribution in [2.75, 3.05) is 13.6 Å². The quantitative estimate of drug-likeness (QED) is 0.575. The molecule has 163 valence electrons. The van der Waals surface area contributed by atoms with Crippen LogP contribution in [0.1, 0.15) is 25.0 Å². The summed E-state index contributed by atoms with van der Waals surface area (Å²) < 4.78 is 43.2. The van der Waals surface area contributed by atoms with Crippen LogP contribution in [0.5, 0.6) is 0 Å². The minimum Gasteiger partial charge on any atom is -0.491 e. The molecule has 3 amide bonds. The molecule has 2 aliphatic heterocycles. The molecular formula is C17H20F3N4O4SY-. The first-order valence-electron chi connectivity index (χ1n) is 8.97. The molecule has 1 radical (unpaired) electrons. The second-order valence-corrected chi connectivity index (χ2v) is 7.62. The first kappa shape index (κ1) is 25.0. The monoisotopic (exact) mass is 522 g/mol. The van der Waals surface area contributed by atoms with Gasteiger partial charge < -0.3 is 15.0 Å². The van der Waals surface area contributed by atoms with Gasteiger partial charge in [-0.05, 0) is 6.54 Å². The van der Waals surface area contributed by atoms with Crippen molar-refractivity contribution in [2.45, 2.75) is 50.0 Å². The van der Waals surface area contributed by atoms with E-state index in [9.17, 15) is 27.6 Å². The van der Waals surface area contributed by atoms with Crippen LogP contribution in [0.2, 0.25) is 0 Å². The van der Waals surface area contributed by atoms with Crippen molar-refractivity contribution in [3.8, 4) is 0 Å². The molecule has 1 N–H and O–H groups in total. The standard InChI is InChI=1S/C17H20F3N4O4S.Y/c1-23-13(12(28-16(23)27)7-17(18,19)20)14(25)22-11(6-10-8-29-9-21-10)15(26)24-4-2-3-5-24;/h4,8-9,11-13H,2-3,5-7H2,1H3,(H,22,25);/q-1;. The topological polar surface area (TPSA) is 91.8 Å². The van der Waals surface area contributed by atoms with Gasteiger partial charge in [0.2, 0.25) is 11.8 Å². The SMILES string of the molecule is CN1C(=O)OC(CC(F)(F)F)C1C(=O)NC(Cc1cscn1)C(=O)N1[CH-]CCC1.[Y]. The van der Waals surface area contributed by atoms with Gasteiger partial charge in [-0.1, -0.05) is 6.42 Å². The average molecular weight is 522 g/mol. The van der Waals surface area contributed by atoms with Crippen LogP contribution in [-0.4, -0.2) is 70.6 Å². The molecule has 1 aromatic heterocycles. The van der Waals surface area contributed by atoms with Gasteiger partial charge in [-0.25, -0.2) is 16.3 Å². The van der Waals surface area contributed by atoms with Crippen LogP contribution in [0, 0.1) is 6.54 Å². The molecular weight excluding hydrogens is 502 g/mol. The molecule has 0 saturated carbocycles. The van der Waals surface area contributed by atoms with Crippen LogP contribution in [0.25, 0.3) is 0 Å². The number of alkyl halides is 3. The Morgan fingerprint density at radius 1 is 1.47 bits per heavy atom. The Balaban J connectivity index is 0.00000320. The van der Waals surface area contributed by atoms with Crippen molar-refractivity contribution in [3.05, 3.63) is 23.1 Å². The first-order valence-corrected chi connectivity index (χ1v) is 9.91. The smallest absolute Gasteiger partial charge is 0.410 e. The van der Waals surface area contributed by atoms with E-state index in [1.165, 1.54) is 23.3 Å². The molecule has 3 atom stereocenters. The predicted molar refractivity (Wildman–Crippen MR) is 95.5 cm³/mol. The molecule has 2 fully saturated rings. The van der Waals surface area contributed by atoms with E-state index in [2.05, 4.69) is 10.3 Å². The van der Waals surface area contributed by atoms with E-state index in [0.29, 0.717) is 12.2 Å². The summed E-state index contributed by atoms with van der Waals surface area (Å²) in [6, 6.07) is -2.51. The summed E-state index contributed by atoms with van der Waals surface area (Å²) in [5.74, 6) is -1.25. The second-order valence-electron chi connectivity index (χ2n) is 6.90. The third kappa shape index (κ3) is 6.13. The number of likely N-dealkylation sites (N-methyl/N-ethyl adjacent to an activating group) is 1. The van der Waals surface area contributed by atoms with Crippen molar-refractivity contribution >= 4 is 29.2 Å². The molecule has 2 aliphatic rings. The molecule has 1 aromatic rings. The fourth-order valence-corrected chi connectivity index (χ4v) is 3.94. The molecule has 8 nitrogen and oxygen atoms in total. The number of nitrogens with zero attached hydrogens (tertiary/aromatic N) is 3. The first-order chi connectivity index (χ1) is 13.7. The predicted octanol–water partition coefficient (Wildman–Crippen LogP) is 1.72. The summed E-state index contributed by atoms with van der Waals surface area (Å²) in [6.45, 7) is 2.23. The number of ether oxygens (including phenoxy) is 1. The van der Waals surface area contributed by atoms with E-state index in [4.69, 9.17) is 4.74 Å². The average Bonchev–Trinajstić information content (AvgIpc) is 3.36. The molecule has 30 heavy (non-hydrogen) atoms. The van der Waals surface area contributed by atoms with E-state index in [1.54, 1.807) is 17.4 Å². The minimum atomic E-state index is -4.62. The van der Waals surface area contributed by atoms with Gasteiger partial charge in [-0.15, -0.1) is 11.3 Å². The van der Waals surface area contributed by atoms with Crippen LogP contribution >= 0.6 is 11.3 Å². The van der Waals surface area contributed by atoms with Gasteiger partial charge in [-0.2, -0.15) is 19.6 Å². The molecule has 2 saturated heterocycles. The fourth-order valence-electron chi connectivity index (χ4n) is 3.37. The molecule has 3 rings (SSSR count). The largest absolute Gasteiger partial charge is 0.491 e. The summed E-state index contributed by atoms with van der Waals surface area (Å²) in [6.07, 6.45) is -7.15. The number of aromatic nitrogens is 1. The van der Waals surface area contributed by atoms with Crippen molar-refractivity contribution in [3.63, 3.8) is 0 Å². The molecule has 0 aliphatic carbocycles. The number of amides is 3.